The number of benzene rings is 2. The molecule has 0 saturated carbocycles. The van der Waals surface area contributed by atoms with Gasteiger partial charge >= 0.3 is 0 Å². The molecule has 0 radical (unpaired) electrons. The maximum Gasteiger partial charge on any atom is 0.170 e. The van der Waals surface area contributed by atoms with Gasteiger partial charge in [0.15, 0.2) is 5.11 Å². The number of hydrogen-bond acceptors (Lipinski definition) is 1. The molecule has 2 rings (SSSR count). The van der Waals surface area contributed by atoms with Gasteiger partial charge in [0.25, 0.3) is 0 Å². The van der Waals surface area contributed by atoms with E-state index in [-0.39, 0.29) is 0 Å². The van der Waals surface area contributed by atoms with Crippen LogP contribution in [0.2, 0.25) is 0 Å². The molecule has 2 N–H and O–H groups in total. The quantitative estimate of drug-likeness (QED) is 0.627. The highest BCUT2D eigenvalue weighted by Crippen LogP contribution is 2.20. The third kappa shape index (κ3) is 4.35. The van der Waals surface area contributed by atoms with Crippen molar-refractivity contribution in [3.05, 3.63) is 54.6 Å². The predicted octanol–water partition coefficient (Wildman–Crippen LogP) is 4.44. The largest absolute Gasteiger partial charge is 0.362 e. The Kier molecular flexibility index (Phi) is 5.56. The molecule has 0 aromatic heterocycles. The number of thiocarbonyl (C=S) groups is 1. The van der Waals surface area contributed by atoms with Gasteiger partial charge < -0.3 is 10.6 Å². The predicted molar refractivity (Wildman–Crippen MR) is 91.0 cm³/mol. The number of anilines is 1. The zero-order valence-electron chi connectivity index (χ0n) is 11.7. The fraction of sp³-hybridized carbons (Fsp3) is 0.235. The van der Waals surface area contributed by atoms with Gasteiger partial charge in [-0.05, 0) is 41.9 Å². The summed E-state index contributed by atoms with van der Waals surface area (Å²) in [5.74, 6) is 0. The maximum absolute atomic E-state index is 5.25. The first-order valence-corrected chi connectivity index (χ1v) is 7.41. The summed E-state index contributed by atoms with van der Waals surface area (Å²) < 4.78 is 0. The summed E-state index contributed by atoms with van der Waals surface area (Å²) >= 11 is 5.25. The van der Waals surface area contributed by atoms with E-state index in [4.69, 9.17) is 12.2 Å². The van der Waals surface area contributed by atoms with Crippen molar-refractivity contribution >= 4 is 23.0 Å². The molecular formula is C17H20N2S. The number of rotatable bonds is 5. The Labute approximate surface area is 126 Å². The first kappa shape index (κ1) is 14.5. The minimum atomic E-state index is 0.686. The van der Waals surface area contributed by atoms with E-state index in [0.717, 1.165) is 18.7 Å². The average molecular weight is 284 g/mol. The zero-order valence-corrected chi connectivity index (χ0v) is 12.5. The van der Waals surface area contributed by atoms with E-state index in [1.54, 1.807) is 0 Å². The molecule has 2 nitrogen and oxygen atoms in total. The standard InChI is InChI=1S/C17H20N2S/c1-2-3-13-18-17(20)19-16-11-9-15(10-12-16)14-7-5-4-6-8-14/h4-12H,2-3,13H2,1H3,(H2,18,19,20). The topological polar surface area (TPSA) is 24.1 Å². The van der Waals surface area contributed by atoms with E-state index in [2.05, 4.69) is 54.0 Å². The van der Waals surface area contributed by atoms with Crippen LogP contribution in [-0.4, -0.2) is 11.7 Å². The fourth-order valence-corrected chi connectivity index (χ4v) is 2.15. The molecule has 104 valence electrons. The molecule has 0 amide bonds. The van der Waals surface area contributed by atoms with Gasteiger partial charge in [0, 0.05) is 12.2 Å². The van der Waals surface area contributed by atoms with Crippen molar-refractivity contribution in [2.75, 3.05) is 11.9 Å². The fourth-order valence-electron chi connectivity index (χ4n) is 1.93. The first-order chi connectivity index (χ1) is 9.79. The summed E-state index contributed by atoms with van der Waals surface area (Å²) in [6, 6.07) is 18.7. The van der Waals surface area contributed by atoms with Crippen LogP contribution in [0.25, 0.3) is 11.1 Å². The van der Waals surface area contributed by atoms with Crippen LogP contribution >= 0.6 is 12.2 Å². The monoisotopic (exact) mass is 284 g/mol. The van der Waals surface area contributed by atoms with Crippen LogP contribution < -0.4 is 10.6 Å². The molecule has 0 heterocycles. The molecule has 0 bridgehead atoms. The minimum Gasteiger partial charge on any atom is -0.362 e. The molecule has 20 heavy (non-hydrogen) atoms. The Morgan fingerprint density at radius 1 is 0.950 bits per heavy atom. The lowest BCUT2D eigenvalue weighted by Crippen LogP contribution is -2.29. The lowest BCUT2D eigenvalue weighted by atomic mass is 10.1. The van der Waals surface area contributed by atoms with Gasteiger partial charge in [0.1, 0.15) is 0 Å². The van der Waals surface area contributed by atoms with Crippen molar-refractivity contribution < 1.29 is 0 Å². The highest BCUT2D eigenvalue weighted by atomic mass is 32.1. The summed E-state index contributed by atoms with van der Waals surface area (Å²) in [5, 5.41) is 7.08. The number of hydrogen-bond donors (Lipinski definition) is 2. The van der Waals surface area contributed by atoms with Gasteiger partial charge in [-0.2, -0.15) is 0 Å². The van der Waals surface area contributed by atoms with Crippen LogP contribution in [0.4, 0.5) is 5.69 Å². The van der Waals surface area contributed by atoms with Gasteiger partial charge in [0.2, 0.25) is 0 Å². The normalized spacial score (nSPS) is 10.1. The molecule has 0 atom stereocenters. The molecule has 0 aliphatic heterocycles. The van der Waals surface area contributed by atoms with E-state index in [9.17, 15) is 0 Å². The molecule has 0 aliphatic rings. The average Bonchev–Trinajstić information content (AvgIpc) is 2.49. The van der Waals surface area contributed by atoms with Crippen molar-refractivity contribution in [1.82, 2.24) is 5.32 Å². The van der Waals surface area contributed by atoms with E-state index in [1.807, 2.05) is 18.2 Å². The van der Waals surface area contributed by atoms with Crippen LogP contribution in [0.1, 0.15) is 19.8 Å². The SMILES string of the molecule is CCCCNC(=S)Nc1ccc(-c2ccccc2)cc1. The third-order valence-electron chi connectivity index (χ3n) is 3.07. The Morgan fingerprint density at radius 2 is 1.60 bits per heavy atom. The number of nitrogens with one attached hydrogen (secondary N) is 2. The van der Waals surface area contributed by atoms with Crippen LogP contribution in [0.15, 0.2) is 54.6 Å². The lowest BCUT2D eigenvalue weighted by molar-refractivity contribution is 0.758. The van der Waals surface area contributed by atoms with Gasteiger partial charge in [0.05, 0.1) is 0 Å². The van der Waals surface area contributed by atoms with Gasteiger partial charge in [-0.25, -0.2) is 0 Å². The molecule has 3 heteroatoms. The highest BCUT2D eigenvalue weighted by Gasteiger charge is 1.99. The number of unbranched alkanes of at least 4 members (excludes halogenated alkanes) is 1. The summed E-state index contributed by atoms with van der Waals surface area (Å²) in [4.78, 5) is 0. The van der Waals surface area contributed by atoms with Gasteiger partial charge in [-0.15, -0.1) is 0 Å². The summed E-state index contributed by atoms with van der Waals surface area (Å²) in [6.07, 6.45) is 2.30. The molecule has 0 spiro atoms. The van der Waals surface area contributed by atoms with Crippen LogP contribution in [0.3, 0.4) is 0 Å². The van der Waals surface area contributed by atoms with Crippen molar-refractivity contribution in [3.63, 3.8) is 0 Å². The Hall–Kier alpha value is -1.87. The first-order valence-electron chi connectivity index (χ1n) is 7.00. The second-order valence-corrected chi connectivity index (χ2v) is 5.09. The smallest absolute Gasteiger partial charge is 0.170 e. The molecule has 0 fully saturated rings. The Morgan fingerprint density at radius 3 is 2.25 bits per heavy atom. The van der Waals surface area contributed by atoms with Crippen LogP contribution in [-0.2, 0) is 0 Å². The molecule has 0 saturated heterocycles. The van der Waals surface area contributed by atoms with Crippen molar-refractivity contribution in [2.24, 2.45) is 0 Å². The van der Waals surface area contributed by atoms with E-state index in [1.165, 1.54) is 17.5 Å². The summed E-state index contributed by atoms with van der Waals surface area (Å²) in [7, 11) is 0. The molecule has 0 unspecified atom stereocenters. The second-order valence-electron chi connectivity index (χ2n) is 4.68. The molecule has 2 aromatic rings. The van der Waals surface area contributed by atoms with Crippen molar-refractivity contribution in [2.45, 2.75) is 19.8 Å². The molecule has 2 aromatic carbocycles. The van der Waals surface area contributed by atoms with E-state index < -0.39 is 0 Å². The Balaban J connectivity index is 1.93. The summed E-state index contributed by atoms with van der Waals surface area (Å²) in [5.41, 5.74) is 3.45. The van der Waals surface area contributed by atoms with Crippen molar-refractivity contribution in [3.8, 4) is 11.1 Å². The molecule has 0 aliphatic carbocycles. The Bertz CT molecular complexity index is 535. The minimum absolute atomic E-state index is 0.686. The van der Waals surface area contributed by atoms with E-state index >= 15 is 0 Å². The van der Waals surface area contributed by atoms with E-state index in [0.29, 0.717) is 5.11 Å². The summed E-state index contributed by atoms with van der Waals surface area (Å²) in [6.45, 7) is 3.09. The van der Waals surface area contributed by atoms with Crippen LogP contribution in [0.5, 0.6) is 0 Å². The second kappa shape index (κ2) is 7.65. The zero-order chi connectivity index (χ0) is 14.2. The van der Waals surface area contributed by atoms with Gasteiger partial charge in [-0.1, -0.05) is 55.8 Å². The maximum atomic E-state index is 5.25. The third-order valence-corrected chi connectivity index (χ3v) is 3.31. The highest BCUT2D eigenvalue weighted by molar-refractivity contribution is 7.80. The van der Waals surface area contributed by atoms with Crippen molar-refractivity contribution in [1.29, 1.82) is 0 Å². The molecular weight excluding hydrogens is 264 g/mol. The van der Waals surface area contributed by atoms with Crippen LogP contribution in [0, 0.1) is 0 Å². The lowest BCUT2D eigenvalue weighted by Gasteiger charge is -2.10. The van der Waals surface area contributed by atoms with Gasteiger partial charge in [-0.3, -0.25) is 0 Å².